The normalized spacial score (nSPS) is 12.4. The number of nitrogens with two attached hydrogens (primary N) is 1. The minimum Gasteiger partial charge on any atom is -0.377 e. The van der Waals surface area contributed by atoms with Crippen molar-refractivity contribution in [1.29, 1.82) is 0 Å². The molecule has 0 fully saturated rings. The van der Waals surface area contributed by atoms with Crippen molar-refractivity contribution >= 4 is 5.78 Å². The maximum absolute atomic E-state index is 11.2. The molecular formula is C13H19NO2. The number of carbonyl (C=O) groups excluding carboxylic acids is 1. The van der Waals surface area contributed by atoms with E-state index in [0.717, 1.165) is 12.0 Å². The standard InChI is InChI=1S/C13H19NO2/c1-11(14)13(15)8-5-9-16-10-12-6-3-2-4-7-12/h2-4,6-7,11H,5,8-10,14H2,1H3/t11-/m0/s1. The SMILES string of the molecule is C[C@H](N)C(=O)CCCOCc1ccccc1. The number of rotatable bonds is 7. The Bertz CT molecular complexity index is 309. The van der Waals surface area contributed by atoms with Crippen molar-refractivity contribution in [2.75, 3.05) is 6.61 Å². The molecule has 2 N–H and O–H groups in total. The molecule has 1 atom stereocenters. The van der Waals surface area contributed by atoms with Gasteiger partial charge in [-0.15, -0.1) is 0 Å². The fraction of sp³-hybridized carbons (Fsp3) is 0.462. The maximum atomic E-state index is 11.2. The number of Topliss-reactive ketones (excluding diaryl/α,β-unsaturated/α-hetero) is 1. The summed E-state index contributed by atoms with van der Waals surface area (Å²) in [4.78, 5) is 11.2. The lowest BCUT2D eigenvalue weighted by atomic mass is 10.1. The zero-order valence-corrected chi connectivity index (χ0v) is 9.69. The summed E-state index contributed by atoms with van der Waals surface area (Å²) in [5, 5.41) is 0. The first-order chi connectivity index (χ1) is 7.70. The predicted octanol–water partition coefficient (Wildman–Crippen LogP) is 1.90. The summed E-state index contributed by atoms with van der Waals surface area (Å²) in [5.41, 5.74) is 6.61. The van der Waals surface area contributed by atoms with E-state index in [2.05, 4.69) is 0 Å². The van der Waals surface area contributed by atoms with E-state index in [0.29, 0.717) is 19.6 Å². The predicted molar refractivity (Wildman–Crippen MR) is 64.0 cm³/mol. The highest BCUT2D eigenvalue weighted by Crippen LogP contribution is 2.02. The Morgan fingerprint density at radius 1 is 1.38 bits per heavy atom. The summed E-state index contributed by atoms with van der Waals surface area (Å²) in [6.07, 6.45) is 1.25. The number of benzene rings is 1. The summed E-state index contributed by atoms with van der Waals surface area (Å²) in [7, 11) is 0. The lowest BCUT2D eigenvalue weighted by molar-refractivity contribution is -0.120. The third kappa shape index (κ3) is 5.05. The van der Waals surface area contributed by atoms with Gasteiger partial charge in [-0.2, -0.15) is 0 Å². The summed E-state index contributed by atoms with van der Waals surface area (Å²) in [6.45, 7) is 2.92. The Morgan fingerprint density at radius 2 is 2.06 bits per heavy atom. The van der Waals surface area contributed by atoms with Crippen LogP contribution in [0.15, 0.2) is 30.3 Å². The van der Waals surface area contributed by atoms with Gasteiger partial charge in [-0.1, -0.05) is 30.3 Å². The lowest BCUT2D eigenvalue weighted by Crippen LogP contribution is -2.26. The molecule has 3 heteroatoms. The monoisotopic (exact) mass is 221 g/mol. The van der Waals surface area contributed by atoms with Crippen molar-refractivity contribution in [3.05, 3.63) is 35.9 Å². The van der Waals surface area contributed by atoms with Gasteiger partial charge in [0, 0.05) is 13.0 Å². The molecule has 0 amide bonds. The van der Waals surface area contributed by atoms with Crippen LogP contribution in [-0.4, -0.2) is 18.4 Å². The second kappa shape index (κ2) is 7.14. The van der Waals surface area contributed by atoms with Crippen LogP contribution in [-0.2, 0) is 16.1 Å². The minimum absolute atomic E-state index is 0.100. The molecule has 0 aromatic heterocycles. The first kappa shape index (κ1) is 12.9. The molecule has 0 aliphatic rings. The highest BCUT2D eigenvalue weighted by Gasteiger charge is 2.06. The second-order valence-electron chi connectivity index (χ2n) is 3.90. The summed E-state index contributed by atoms with van der Waals surface area (Å²) in [6, 6.07) is 9.64. The molecule has 1 aromatic rings. The smallest absolute Gasteiger partial charge is 0.149 e. The molecular weight excluding hydrogens is 202 g/mol. The molecule has 16 heavy (non-hydrogen) atoms. The van der Waals surface area contributed by atoms with E-state index in [-0.39, 0.29) is 11.8 Å². The van der Waals surface area contributed by atoms with E-state index >= 15 is 0 Å². The van der Waals surface area contributed by atoms with Crippen LogP contribution < -0.4 is 5.73 Å². The van der Waals surface area contributed by atoms with E-state index < -0.39 is 0 Å². The van der Waals surface area contributed by atoms with Gasteiger partial charge in [-0.05, 0) is 18.9 Å². The Morgan fingerprint density at radius 3 is 2.69 bits per heavy atom. The van der Waals surface area contributed by atoms with Gasteiger partial charge in [0.15, 0.2) is 0 Å². The van der Waals surface area contributed by atoms with Crippen LogP contribution >= 0.6 is 0 Å². The molecule has 0 spiro atoms. The van der Waals surface area contributed by atoms with Gasteiger partial charge >= 0.3 is 0 Å². The van der Waals surface area contributed by atoms with Crippen molar-refractivity contribution in [2.24, 2.45) is 5.73 Å². The van der Waals surface area contributed by atoms with Crippen molar-refractivity contribution in [1.82, 2.24) is 0 Å². The van der Waals surface area contributed by atoms with Crippen LogP contribution in [0.2, 0.25) is 0 Å². The maximum Gasteiger partial charge on any atom is 0.149 e. The first-order valence-corrected chi connectivity index (χ1v) is 5.60. The van der Waals surface area contributed by atoms with E-state index in [1.54, 1.807) is 6.92 Å². The Kier molecular flexibility index (Phi) is 5.75. The summed E-state index contributed by atoms with van der Waals surface area (Å²) >= 11 is 0. The molecule has 0 unspecified atom stereocenters. The third-order valence-corrected chi connectivity index (χ3v) is 2.33. The molecule has 0 saturated carbocycles. The average Bonchev–Trinajstić information content (AvgIpc) is 2.29. The minimum atomic E-state index is -0.353. The number of carbonyl (C=O) groups is 1. The van der Waals surface area contributed by atoms with Crippen LogP contribution in [0, 0.1) is 0 Å². The van der Waals surface area contributed by atoms with E-state index in [1.807, 2.05) is 30.3 Å². The van der Waals surface area contributed by atoms with E-state index in [4.69, 9.17) is 10.5 Å². The van der Waals surface area contributed by atoms with Crippen LogP contribution in [0.3, 0.4) is 0 Å². The van der Waals surface area contributed by atoms with Crippen LogP contribution in [0.1, 0.15) is 25.3 Å². The molecule has 0 heterocycles. The fourth-order valence-electron chi connectivity index (χ4n) is 1.34. The van der Waals surface area contributed by atoms with Crippen LogP contribution in [0.25, 0.3) is 0 Å². The van der Waals surface area contributed by atoms with Gasteiger partial charge in [-0.25, -0.2) is 0 Å². The number of hydrogen-bond acceptors (Lipinski definition) is 3. The molecule has 1 rings (SSSR count). The van der Waals surface area contributed by atoms with Gasteiger partial charge in [0.1, 0.15) is 5.78 Å². The van der Waals surface area contributed by atoms with Crippen molar-refractivity contribution < 1.29 is 9.53 Å². The molecule has 1 aromatic carbocycles. The topological polar surface area (TPSA) is 52.3 Å². The van der Waals surface area contributed by atoms with E-state index in [1.165, 1.54) is 0 Å². The molecule has 0 bridgehead atoms. The quantitative estimate of drug-likeness (QED) is 0.715. The highest BCUT2D eigenvalue weighted by molar-refractivity contribution is 5.83. The van der Waals surface area contributed by atoms with Crippen molar-refractivity contribution in [2.45, 2.75) is 32.4 Å². The largest absolute Gasteiger partial charge is 0.377 e. The number of ketones is 1. The molecule has 88 valence electrons. The molecule has 0 aliphatic carbocycles. The van der Waals surface area contributed by atoms with Gasteiger partial charge in [-0.3, -0.25) is 4.79 Å². The van der Waals surface area contributed by atoms with Crippen molar-refractivity contribution in [3.63, 3.8) is 0 Å². The second-order valence-corrected chi connectivity index (χ2v) is 3.90. The van der Waals surface area contributed by atoms with Gasteiger partial charge in [0.05, 0.1) is 12.6 Å². The Hall–Kier alpha value is -1.19. The Labute approximate surface area is 96.6 Å². The zero-order valence-electron chi connectivity index (χ0n) is 9.69. The summed E-state index contributed by atoms with van der Waals surface area (Å²) < 4.78 is 5.46. The van der Waals surface area contributed by atoms with Crippen molar-refractivity contribution in [3.8, 4) is 0 Å². The third-order valence-electron chi connectivity index (χ3n) is 2.33. The molecule has 0 saturated heterocycles. The molecule has 0 radical (unpaired) electrons. The number of ether oxygens (including phenoxy) is 1. The van der Waals surface area contributed by atoms with Crippen LogP contribution in [0.4, 0.5) is 0 Å². The van der Waals surface area contributed by atoms with Gasteiger partial charge < -0.3 is 10.5 Å². The number of hydrogen-bond donors (Lipinski definition) is 1. The highest BCUT2D eigenvalue weighted by atomic mass is 16.5. The Balaban J connectivity index is 2.07. The lowest BCUT2D eigenvalue weighted by Gasteiger charge is -2.05. The average molecular weight is 221 g/mol. The van der Waals surface area contributed by atoms with Gasteiger partial charge in [0.2, 0.25) is 0 Å². The van der Waals surface area contributed by atoms with Crippen LogP contribution in [0.5, 0.6) is 0 Å². The summed E-state index contributed by atoms with van der Waals surface area (Å²) in [5.74, 6) is 0.100. The first-order valence-electron chi connectivity index (χ1n) is 5.60. The fourth-order valence-corrected chi connectivity index (χ4v) is 1.34. The van der Waals surface area contributed by atoms with Gasteiger partial charge in [0.25, 0.3) is 0 Å². The molecule has 0 aliphatic heterocycles. The van der Waals surface area contributed by atoms with E-state index in [9.17, 15) is 4.79 Å². The molecule has 3 nitrogen and oxygen atoms in total. The zero-order chi connectivity index (χ0) is 11.8.